The highest BCUT2D eigenvalue weighted by atomic mass is 16.5. The van der Waals surface area contributed by atoms with E-state index in [4.69, 9.17) is 13.9 Å². The van der Waals surface area contributed by atoms with Gasteiger partial charge in [0.05, 0.1) is 20.6 Å². The highest BCUT2D eigenvalue weighted by Crippen LogP contribution is 2.32. The molecule has 3 rings (SSSR count). The van der Waals surface area contributed by atoms with Gasteiger partial charge in [0.15, 0.2) is 11.5 Å². The molecule has 0 spiro atoms. The fraction of sp³-hybridized carbons (Fsp3) is 0.286. The van der Waals surface area contributed by atoms with Crippen molar-refractivity contribution in [2.24, 2.45) is 0 Å². The van der Waals surface area contributed by atoms with Crippen LogP contribution in [0.2, 0.25) is 0 Å². The van der Waals surface area contributed by atoms with Gasteiger partial charge in [-0.3, -0.25) is 10.1 Å². The second kappa shape index (κ2) is 8.12. The summed E-state index contributed by atoms with van der Waals surface area (Å²) >= 11 is 0. The van der Waals surface area contributed by atoms with Crippen molar-refractivity contribution in [2.75, 3.05) is 19.5 Å². The summed E-state index contributed by atoms with van der Waals surface area (Å²) < 4.78 is 16.1. The quantitative estimate of drug-likeness (QED) is 0.698. The van der Waals surface area contributed by atoms with E-state index >= 15 is 0 Å². The lowest BCUT2D eigenvalue weighted by molar-refractivity contribution is -0.115. The Morgan fingerprint density at radius 3 is 2.32 bits per heavy atom. The molecule has 0 saturated heterocycles. The molecule has 0 radical (unpaired) electrons. The Hall–Kier alpha value is -3.35. The first-order valence-electron chi connectivity index (χ1n) is 8.83. The van der Waals surface area contributed by atoms with Gasteiger partial charge in [-0.15, -0.1) is 5.10 Å². The molecule has 0 unspecified atom stereocenters. The van der Waals surface area contributed by atoms with Crippen LogP contribution in [-0.4, -0.2) is 30.3 Å². The summed E-state index contributed by atoms with van der Waals surface area (Å²) in [5.41, 5.74) is 5.02. The molecule has 0 aliphatic carbocycles. The lowest BCUT2D eigenvalue weighted by Gasteiger charge is -2.10. The van der Waals surface area contributed by atoms with Crippen LogP contribution in [0, 0.1) is 20.8 Å². The Kier molecular flexibility index (Phi) is 5.63. The number of aromatic nitrogens is 2. The van der Waals surface area contributed by atoms with Gasteiger partial charge >= 0.3 is 6.01 Å². The number of ether oxygens (including phenoxy) is 2. The number of carbonyl (C=O) groups excluding carboxylic acids is 1. The third-order valence-electron chi connectivity index (χ3n) is 4.48. The van der Waals surface area contributed by atoms with Crippen molar-refractivity contribution >= 4 is 11.9 Å². The molecule has 1 heterocycles. The Labute approximate surface area is 163 Å². The molecule has 1 aromatic heterocycles. The topological polar surface area (TPSA) is 86.5 Å². The largest absolute Gasteiger partial charge is 0.493 e. The number of benzene rings is 2. The summed E-state index contributed by atoms with van der Waals surface area (Å²) in [5, 5.41) is 10.6. The van der Waals surface area contributed by atoms with E-state index in [0.29, 0.717) is 17.1 Å². The van der Waals surface area contributed by atoms with Crippen LogP contribution in [0.25, 0.3) is 11.5 Å². The van der Waals surface area contributed by atoms with Crippen molar-refractivity contribution in [3.05, 3.63) is 52.6 Å². The van der Waals surface area contributed by atoms with E-state index in [9.17, 15) is 4.79 Å². The molecule has 1 amide bonds. The molecule has 28 heavy (non-hydrogen) atoms. The minimum Gasteiger partial charge on any atom is -0.493 e. The van der Waals surface area contributed by atoms with Gasteiger partial charge in [-0.25, -0.2) is 0 Å². The first kappa shape index (κ1) is 19.4. The average Bonchev–Trinajstić information content (AvgIpc) is 3.12. The van der Waals surface area contributed by atoms with Crippen LogP contribution < -0.4 is 14.8 Å². The Bertz CT molecular complexity index is 988. The molecule has 0 aliphatic heterocycles. The molecule has 0 atom stereocenters. The number of hydrogen-bond acceptors (Lipinski definition) is 6. The van der Waals surface area contributed by atoms with Crippen LogP contribution in [0.5, 0.6) is 11.5 Å². The summed E-state index contributed by atoms with van der Waals surface area (Å²) in [7, 11) is 3.12. The number of anilines is 1. The highest BCUT2D eigenvalue weighted by molar-refractivity contribution is 5.90. The zero-order valence-corrected chi connectivity index (χ0v) is 16.6. The molecule has 3 aromatic rings. The van der Waals surface area contributed by atoms with Gasteiger partial charge in [-0.2, -0.15) is 0 Å². The molecule has 1 N–H and O–H groups in total. The number of nitrogens with one attached hydrogen (secondary N) is 1. The SMILES string of the molecule is COc1ccc(-c2nnc(NC(=O)Cc3c(C)cc(C)cc3C)o2)cc1OC. The van der Waals surface area contributed by atoms with Gasteiger partial charge in [0, 0.05) is 5.56 Å². The second-order valence-corrected chi connectivity index (χ2v) is 6.58. The zero-order valence-electron chi connectivity index (χ0n) is 16.6. The van der Waals surface area contributed by atoms with Crippen molar-refractivity contribution in [1.82, 2.24) is 10.2 Å². The van der Waals surface area contributed by atoms with Gasteiger partial charge in [-0.05, 0) is 55.7 Å². The predicted octanol–water partition coefficient (Wildman–Crippen LogP) is 3.86. The minimum atomic E-state index is -0.211. The summed E-state index contributed by atoms with van der Waals surface area (Å²) in [4.78, 5) is 12.4. The van der Waals surface area contributed by atoms with Crippen molar-refractivity contribution < 1.29 is 18.7 Å². The smallest absolute Gasteiger partial charge is 0.322 e. The Morgan fingerprint density at radius 1 is 1.00 bits per heavy atom. The lowest BCUT2D eigenvalue weighted by Crippen LogP contribution is -2.16. The number of hydrogen-bond donors (Lipinski definition) is 1. The number of aryl methyl sites for hydroxylation is 3. The molecule has 2 aromatic carbocycles. The molecule has 0 saturated carbocycles. The zero-order chi connectivity index (χ0) is 20.3. The maximum Gasteiger partial charge on any atom is 0.322 e. The number of methoxy groups -OCH3 is 2. The van der Waals surface area contributed by atoms with Crippen LogP contribution in [0.15, 0.2) is 34.7 Å². The third kappa shape index (κ3) is 4.14. The van der Waals surface area contributed by atoms with Crippen LogP contribution in [0.4, 0.5) is 6.01 Å². The number of carbonyl (C=O) groups is 1. The van der Waals surface area contributed by atoms with Crippen LogP contribution >= 0.6 is 0 Å². The summed E-state index contributed by atoms with van der Waals surface area (Å²) in [6, 6.07) is 9.45. The monoisotopic (exact) mass is 381 g/mol. The summed E-state index contributed by atoms with van der Waals surface area (Å²) in [6.07, 6.45) is 0.242. The normalized spacial score (nSPS) is 10.6. The molecule has 146 valence electrons. The van der Waals surface area contributed by atoms with E-state index in [1.807, 2.05) is 20.8 Å². The predicted molar refractivity (Wildman–Crippen MR) is 106 cm³/mol. The van der Waals surface area contributed by atoms with Gasteiger partial charge in [0.1, 0.15) is 0 Å². The summed E-state index contributed by atoms with van der Waals surface area (Å²) in [5.74, 6) is 1.22. The molecule has 0 bridgehead atoms. The number of rotatable bonds is 6. The molecular formula is C21H23N3O4. The fourth-order valence-electron chi connectivity index (χ4n) is 3.17. The molecule has 7 nitrogen and oxygen atoms in total. The molecule has 0 aliphatic rings. The van der Waals surface area contributed by atoms with E-state index < -0.39 is 0 Å². The average molecular weight is 381 g/mol. The van der Waals surface area contributed by atoms with E-state index in [1.54, 1.807) is 32.4 Å². The maximum atomic E-state index is 12.4. The molecular weight excluding hydrogens is 358 g/mol. The first-order valence-corrected chi connectivity index (χ1v) is 8.83. The van der Waals surface area contributed by atoms with Crippen LogP contribution in [0.1, 0.15) is 22.3 Å². The van der Waals surface area contributed by atoms with Crippen LogP contribution in [0.3, 0.4) is 0 Å². The summed E-state index contributed by atoms with van der Waals surface area (Å²) in [6.45, 7) is 6.05. The maximum absolute atomic E-state index is 12.4. The standard InChI is InChI=1S/C21H23N3O4/c1-12-8-13(2)16(14(3)9-12)11-19(25)22-21-24-23-20(28-21)15-6-7-17(26-4)18(10-15)27-5/h6-10H,11H2,1-5H3,(H,22,24,25). The first-order chi connectivity index (χ1) is 13.4. The van der Waals surface area contributed by atoms with Crippen molar-refractivity contribution in [3.63, 3.8) is 0 Å². The van der Waals surface area contributed by atoms with Crippen molar-refractivity contribution in [2.45, 2.75) is 27.2 Å². The van der Waals surface area contributed by atoms with Gasteiger partial charge in [0.25, 0.3) is 0 Å². The Morgan fingerprint density at radius 2 is 1.68 bits per heavy atom. The van der Waals surface area contributed by atoms with Gasteiger partial charge in [-0.1, -0.05) is 22.8 Å². The second-order valence-electron chi connectivity index (χ2n) is 6.58. The van der Waals surface area contributed by atoms with Crippen molar-refractivity contribution in [1.29, 1.82) is 0 Å². The van der Waals surface area contributed by atoms with Crippen molar-refractivity contribution in [3.8, 4) is 23.0 Å². The number of nitrogens with zero attached hydrogens (tertiary/aromatic N) is 2. The third-order valence-corrected chi connectivity index (χ3v) is 4.48. The highest BCUT2D eigenvalue weighted by Gasteiger charge is 2.15. The van der Waals surface area contributed by atoms with Gasteiger partial charge in [0.2, 0.25) is 11.8 Å². The lowest BCUT2D eigenvalue weighted by atomic mass is 9.97. The Balaban J connectivity index is 1.74. The van der Waals surface area contributed by atoms with Gasteiger partial charge < -0.3 is 13.9 Å². The number of amides is 1. The molecule has 7 heteroatoms. The fourth-order valence-corrected chi connectivity index (χ4v) is 3.17. The minimum absolute atomic E-state index is 0.0530. The molecule has 0 fully saturated rings. The van der Waals surface area contributed by atoms with E-state index in [-0.39, 0.29) is 24.2 Å². The van der Waals surface area contributed by atoms with E-state index in [0.717, 1.165) is 16.7 Å². The van der Waals surface area contributed by atoms with E-state index in [2.05, 4.69) is 27.6 Å². The van der Waals surface area contributed by atoms with Crippen LogP contribution in [-0.2, 0) is 11.2 Å². The van der Waals surface area contributed by atoms with E-state index in [1.165, 1.54) is 5.56 Å².